The molecule has 2 aromatic rings. The molecule has 22 heavy (non-hydrogen) atoms. The van der Waals surface area contributed by atoms with Crippen molar-refractivity contribution in [1.29, 1.82) is 0 Å². The molecule has 2 aliphatic rings. The van der Waals surface area contributed by atoms with Crippen LogP contribution in [-0.2, 0) is 11.3 Å². The number of morpholine rings is 1. The topological polar surface area (TPSA) is 46.5 Å². The number of amides is 1. The van der Waals surface area contributed by atoms with Gasteiger partial charge in [-0.2, -0.15) is 0 Å². The molecule has 3 heterocycles. The molecule has 1 amide bonds. The van der Waals surface area contributed by atoms with Crippen LogP contribution in [0.15, 0.2) is 24.8 Å². The zero-order valence-electron chi connectivity index (χ0n) is 12.5. The Hall–Kier alpha value is -2.27. The number of nitrogens with one attached hydrogen (secondary N) is 1. The third kappa shape index (κ3) is 2.01. The van der Waals surface area contributed by atoms with E-state index in [-0.39, 0.29) is 5.91 Å². The highest BCUT2D eigenvalue weighted by atomic mass is 16.5. The molecule has 0 unspecified atom stereocenters. The van der Waals surface area contributed by atoms with E-state index in [0.717, 1.165) is 55.0 Å². The number of benzene rings is 1. The summed E-state index contributed by atoms with van der Waals surface area (Å²) in [6.07, 6.45) is 1.86. The van der Waals surface area contributed by atoms with Gasteiger partial charge in [0.05, 0.1) is 24.4 Å². The van der Waals surface area contributed by atoms with Crippen molar-refractivity contribution in [2.45, 2.75) is 6.54 Å². The van der Waals surface area contributed by atoms with Crippen molar-refractivity contribution in [2.75, 3.05) is 37.7 Å². The molecule has 5 nitrogen and oxygen atoms in total. The van der Waals surface area contributed by atoms with Crippen LogP contribution in [-0.4, -0.2) is 43.3 Å². The van der Waals surface area contributed by atoms with Gasteiger partial charge in [0, 0.05) is 31.6 Å². The summed E-state index contributed by atoms with van der Waals surface area (Å²) >= 11 is 0. The van der Waals surface area contributed by atoms with Gasteiger partial charge in [0.15, 0.2) is 0 Å². The summed E-state index contributed by atoms with van der Waals surface area (Å²) in [5.41, 5.74) is 4.16. The zero-order valence-corrected chi connectivity index (χ0v) is 12.5. The highest BCUT2D eigenvalue weighted by molar-refractivity contribution is 6.03. The van der Waals surface area contributed by atoms with Gasteiger partial charge in [0.2, 0.25) is 0 Å². The second-order valence-electron chi connectivity index (χ2n) is 5.72. The number of aromatic nitrogens is 1. The first-order valence-corrected chi connectivity index (χ1v) is 7.68. The van der Waals surface area contributed by atoms with Crippen LogP contribution in [0.25, 0.3) is 17.0 Å². The standard InChI is InChI=1S/C17H19N3O2/c1-2-12-9-13-11-15-17(21)18-3-4-20(15)16(13)14(10-12)19-5-7-22-8-6-19/h2,9-11H,1,3-8H2,(H,18,21). The summed E-state index contributed by atoms with van der Waals surface area (Å²) < 4.78 is 7.61. The smallest absolute Gasteiger partial charge is 0.268 e. The summed E-state index contributed by atoms with van der Waals surface area (Å²) in [5, 5.41) is 4.02. The minimum absolute atomic E-state index is 0.00975. The second kappa shape index (κ2) is 5.18. The van der Waals surface area contributed by atoms with E-state index < -0.39 is 0 Å². The van der Waals surface area contributed by atoms with Gasteiger partial charge in [0.25, 0.3) is 5.91 Å². The first-order valence-electron chi connectivity index (χ1n) is 7.68. The fraction of sp³-hybridized carbons (Fsp3) is 0.353. The molecule has 0 spiro atoms. The van der Waals surface area contributed by atoms with Gasteiger partial charge in [-0.25, -0.2) is 0 Å². The summed E-state index contributed by atoms with van der Waals surface area (Å²) in [6.45, 7) is 8.63. The molecule has 1 saturated heterocycles. The molecule has 0 saturated carbocycles. The maximum Gasteiger partial charge on any atom is 0.268 e. The van der Waals surface area contributed by atoms with Gasteiger partial charge in [-0.3, -0.25) is 4.79 Å². The van der Waals surface area contributed by atoms with Crippen LogP contribution < -0.4 is 10.2 Å². The van der Waals surface area contributed by atoms with Crippen molar-refractivity contribution in [2.24, 2.45) is 0 Å². The molecule has 1 N–H and O–H groups in total. The predicted molar refractivity (Wildman–Crippen MR) is 87.4 cm³/mol. The SMILES string of the molecule is C=Cc1cc(N2CCOCC2)c2c(c1)cc1n2CCNC1=O. The Morgan fingerprint density at radius 3 is 2.77 bits per heavy atom. The van der Waals surface area contributed by atoms with E-state index in [9.17, 15) is 4.79 Å². The Morgan fingerprint density at radius 1 is 1.18 bits per heavy atom. The Bertz CT molecular complexity index is 757. The molecule has 0 bridgehead atoms. The summed E-state index contributed by atoms with van der Waals surface area (Å²) in [6, 6.07) is 6.26. The molecule has 2 aliphatic heterocycles. The van der Waals surface area contributed by atoms with Gasteiger partial charge in [-0.1, -0.05) is 12.7 Å². The van der Waals surface area contributed by atoms with Crippen molar-refractivity contribution >= 4 is 28.6 Å². The Morgan fingerprint density at radius 2 is 2.00 bits per heavy atom. The van der Waals surface area contributed by atoms with Crippen molar-refractivity contribution in [1.82, 2.24) is 9.88 Å². The minimum Gasteiger partial charge on any atom is -0.378 e. The summed E-state index contributed by atoms with van der Waals surface area (Å²) in [5.74, 6) is 0.00975. The van der Waals surface area contributed by atoms with E-state index in [1.54, 1.807) is 0 Å². The minimum atomic E-state index is 0.00975. The molecular formula is C17H19N3O2. The number of fused-ring (bicyclic) bond motifs is 3. The zero-order chi connectivity index (χ0) is 15.1. The van der Waals surface area contributed by atoms with Gasteiger partial charge in [-0.15, -0.1) is 0 Å². The molecule has 1 fully saturated rings. The first-order chi connectivity index (χ1) is 10.8. The molecule has 4 rings (SSSR count). The van der Waals surface area contributed by atoms with E-state index in [1.807, 2.05) is 12.1 Å². The van der Waals surface area contributed by atoms with Gasteiger partial charge in [-0.05, 0) is 23.8 Å². The van der Waals surface area contributed by atoms with Gasteiger partial charge < -0.3 is 19.5 Å². The highest BCUT2D eigenvalue weighted by Gasteiger charge is 2.24. The first kappa shape index (κ1) is 13.4. The lowest BCUT2D eigenvalue weighted by atomic mass is 10.1. The van der Waals surface area contributed by atoms with E-state index >= 15 is 0 Å². The van der Waals surface area contributed by atoms with Crippen LogP contribution in [0.2, 0.25) is 0 Å². The van der Waals surface area contributed by atoms with Crippen LogP contribution in [0, 0.1) is 0 Å². The molecule has 1 aromatic carbocycles. The lowest BCUT2D eigenvalue weighted by molar-refractivity contribution is 0.0929. The van der Waals surface area contributed by atoms with E-state index in [2.05, 4.69) is 33.5 Å². The lowest BCUT2D eigenvalue weighted by Crippen LogP contribution is -2.37. The Balaban J connectivity index is 1.96. The number of nitrogens with zero attached hydrogens (tertiary/aromatic N) is 2. The molecule has 114 valence electrons. The predicted octanol–water partition coefficient (Wildman–Crippen LogP) is 1.86. The summed E-state index contributed by atoms with van der Waals surface area (Å²) in [7, 11) is 0. The van der Waals surface area contributed by atoms with Crippen LogP contribution >= 0.6 is 0 Å². The van der Waals surface area contributed by atoms with Crippen LogP contribution in [0.4, 0.5) is 5.69 Å². The Kier molecular flexibility index (Phi) is 3.15. The number of rotatable bonds is 2. The third-order valence-electron chi connectivity index (χ3n) is 4.44. The fourth-order valence-corrected chi connectivity index (χ4v) is 3.37. The van der Waals surface area contributed by atoms with E-state index in [4.69, 9.17) is 4.74 Å². The van der Waals surface area contributed by atoms with Crippen molar-refractivity contribution in [3.8, 4) is 0 Å². The van der Waals surface area contributed by atoms with Crippen LogP contribution in [0.1, 0.15) is 16.1 Å². The quantitative estimate of drug-likeness (QED) is 0.920. The van der Waals surface area contributed by atoms with Crippen molar-refractivity contribution in [3.05, 3.63) is 36.0 Å². The van der Waals surface area contributed by atoms with Crippen molar-refractivity contribution < 1.29 is 9.53 Å². The number of carbonyl (C=O) groups is 1. The molecule has 0 aliphatic carbocycles. The molecule has 0 radical (unpaired) electrons. The maximum atomic E-state index is 12.1. The van der Waals surface area contributed by atoms with E-state index in [0.29, 0.717) is 6.54 Å². The van der Waals surface area contributed by atoms with Crippen LogP contribution in [0.5, 0.6) is 0 Å². The van der Waals surface area contributed by atoms with Crippen molar-refractivity contribution in [3.63, 3.8) is 0 Å². The number of carbonyl (C=O) groups excluding carboxylic acids is 1. The van der Waals surface area contributed by atoms with Crippen LogP contribution in [0.3, 0.4) is 0 Å². The third-order valence-corrected chi connectivity index (χ3v) is 4.44. The summed E-state index contributed by atoms with van der Waals surface area (Å²) in [4.78, 5) is 14.5. The number of hydrogen-bond donors (Lipinski definition) is 1. The normalized spacial score (nSPS) is 18.2. The molecular weight excluding hydrogens is 278 g/mol. The average Bonchev–Trinajstić information content (AvgIpc) is 2.95. The maximum absolute atomic E-state index is 12.1. The largest absolute Gasteiger partial charge is 0.378 e. The Labute approximate surface area is 129 Å². The number of ether oxygens (including phenoxy) is 1. The monoisotopic (exact) mass is 297 g/mol. The second-order valence-corrected chi connectivity index (χ2v) is 5.72. The highest BCUT2D eigenvalue weighted by Crippen LogP contribution is 2.33. The molecule has 0 atom stereocenters. The van der Waals surface area contributed by atoms with Gasteiger partial charge in [0.1, 0.15) is 5.69 Å². The fourth-order valence-electron chi connectivity index (χ4n) is 3.37. The number of anilines is 1. The molecule has 1 aromatic heterocycles. The number of hydrogen-bond acceptors (Lipinski definition) is 3. The van der Waals surface area contributed by atoms with Gasteiger partial charge >= 0.3 is 0 Å². The van der Waals surface area contributed by atoms with E-state index in [1.165, 1.54) is 5.69 Å². The molecule has 5 heteroatoms. The lowest BCUT2D eigenvalue weighted by Gasteiger charge is -2.30. The average molecular weight is 297 g/mol.